The maximum absolute atomic E-state index is 6.46. The van der Waals surface area contributed by atoms with E-state index in [9.17, 15) is 0 Å². The molecule has 1 heterocycles. The van der Waals surface area contributed by atoms with Gasteiger partial charge in [0.2, 0.25) is 0 Å². The van der Waals surface area contributed by atoms with Crippen LogP contribution in [0.25, 0.3) is 0 Å². The largest absolute Gasteiger partial charge is 0.327 e. The monoisotopic (exact) mass is 303 g/mol. The fraction of sp³-hybridized carbons (Fsp3) is 0.294. The Bertz CT molecular complexity index is 626. The van der Waals surface area contributed by atoms with Crippen LogP contribution in [0.15, 0.2) is 47.4 Å². The highest BCUT2D eigenvalue weighted by atomic mass is 35.5. The summed E-state index contributed by atoms with van der Waals surface area (Å²) in [6, 6.07) is 14.9. The van der Waals surface area contributed by atoms with Crippen molar-refractivity contribution in [3.8, 4) is 0 Å². The Morgan fingerprint density at radius 1 is 1.30 bits per heavy atom. The van der Waals surface area contributed by atoms with Crippen molar-refractivity contribution in [1.82, 2.24) is 0 Å². The first-order chi connectivity index (χ1) is 9.65. The standard InChI is InChI=1S/C17H18ClNS/c1-11-6-7-12(15(18)8-11)9-16(19)14-10-20-17-5-3-2-4-13(14)17/h2-8,14,16H,9-10,19H2,1H3. The third kappa shape index (κ3) is 2.73. The molecule has 2 aromatic rings. The highest BCUT2D eigenvalue weighted by molar-refractivity contribution is 7.99. The summed E-state index contributed by atoms with van der Waals surface area (Å²) in [5.41, 5.74) is 10.2. The molecule has 2 unspecified atom stereocenters. The van der Waals surface area contributed by atoms with Gasteiger partial charge in [-0.15, -0.1) is 11.8 Å². The number of benzene rings is 2. The summed E-state index contributed by atoms with van der Waals surface area (Å²) in [6.45, 7) is 2.06. The fourth-order valence-corrected chi connectivity index (χ4v) is 4.41. The second kappa shape index (κ2) is 5.80. The molecule has 104 valence electrons. The predicted octanol–water partition coefficient (Wildman–Crippen LogP) is 4.41. The summed E-state index contributed by atoms with van der Waals surface area (Å²) in [5, 5.41) is 0.833. The summed E-state index contributed by atoms with van der Waals surface area (Å²) in [7, 11) is 0. The van der Waals surface area contributed by atoms with Crippen LogP contribution in [0.3, 0.4) is 0 Å². The molecular formula is C17H18ClNS. The summed E-state index contributed by atoms with van der Waals surface area (Å²) >= 11 is 8.23. The van der Waals surface area contributed by atoms with Gasteiger partial charge in [-0.1, -0.05) is 41.9 Å². The van der Waals surface area contributed by atoms with E-state index in [1.807, 2.05) is 17.8 Å². The summed E-state index contributed by atoms with van der Waals surface area (Å²) in [5.74, 6) is 1.50. The third-order valence-corrected chi connectivity index (χ3v) is 5.48. The van der Waals surface area contributed by atoms with Crippen molar-refractivity contribution < 1.29 is 0 Å². The predicted molar refractivity (Wildman–Crippen MR) is 87.8 cm³/mol. The molecule has 0 spiro atoms. The number of hydrogen-bond acceptors (Lipinski definition) is 2. The number of hydrogen-bond donors (Lipinski definition) is 1. The highest BCUT2D eigenvalue weighted by Crippen LogP contribution is 2.41. The molecule has 0 aliphatic carbocycles. The average Bonchev–Trinajstić information content (AvgIpc) is 2.86. The van der Waals surface area contributed by atoms with Gasteiger partial charge in [0.05, 0.1) is 0 Å². The van der Waals surface area contributed by atoms with E-state index in [0.29, 0.717) is 5.92 Å². The van der Waals surface area contributed by atoms with Crippen LogP contribution < -0.4 is 5.73 Å². The average molecular weight is 304 g/mol. The van der Waals surface area contributed by atoms with Crippen LogP contribution >= 0.6 is 23.4 Å². The maximum atomic E-state index is 6.46. The molecule has 3 rings (SSSR count). The number of nitrogens with two attached hydrogens (primary N) is 1. The second-order valence-corrected chi connectivity index (χ2v) is 6.89. The Kier molecular flexibility index (Phi) is 4.06. The minimum absolute atomic E-state index is 0.117. The SMILES string of the molecule is Cc1ccc(CC(N)C2CSc3ccccc32)c(Cl)c1. The molecule has 2 atom stereocenters. The van der Waals surface area contributed by atoms with Gasteiger partial charge in [0, 0.05) is 27.6 Å². The molecule has 0 aromatic heterocycles. The van der Waals surface area contributed by atoms with Crippen molar-refractivity contribution >= 4 is 23.4 Å². The first-order valence-corrected chi connectivity index (χ1v) is 8.24. The van der Waals surface area contributed by atoms with Crippen molar-refractivity contribution in [1.29, 1.82) is 0 Å². The van der Waals surface area contributed by atoms with Crippen molar-refractivity contribution in [2.75, 3.05) is 5.75 Å². The zero-order valence-electron chi connectivity index (χ0n) is 11.5. The summed E-state index contributed by atoms with van der Waals surface area (Å²) < 4.78 is 0. The van der Waals surface area contributed by atoms with E-state index in [1.165, 1.54) is 16.0 Å². The Hall–Kier alpha value is -0.960. The molecule has 20 heavy (non-hydrogen) atoms. The van der Waals surface area contributed by atoms with E-state index in [-0.39, 0.29) is 6.04 Å². The lowest BCUT2D eigenvalue weighted by atomic mass is 9.89. The molecule has 0 saturated heterocycles. The Morgan fingerprint density at radius 3 is 2.90 bits per heavy atom. The van der Waals surface area contributed by atoms with Crippen LogP contribution in [0.1, 0.15) is 22.6 Å². The Labute approximate surface area is 129 Å². The van der Waals surface area contributed by atoms with Crippen LogP contribution in [0.2, 0.25) is 5.02 Å². The minimum Gasteiger partial charge on any atom is -0.327 e. The minimum atomic E-state index is 0.117. The van der Waals surface area contributed by atoms with E-state index < -0.39 is 0 Å². The number of fused-ring (bicyclic) bond motifs is 1. The van der Waals surface area contributed by atoms with Gasteiger partial charge in [-0.05, 0) is 42.2 Å². The lowest BCUT2D eigenvalue weighted by Crippen LogP contribution is -2.31. The maximum Gasteiger partial charge on any atom is 0.0441 e. The van der Waals surface area contributed by atoms with Gasteiger partial charge in [-0.2, -0.15) is 0 Å². The van der Waals surface area contributed by atoms with Crippen molar-refractivity contribution in [2.24, 2.45) is 5.73 Å². The highest BCUT2D eigenvalue weighted by Gasteiger charge is 2.28. The Balaban J connectivity index is 1.79. The Morgan fingerprint density at radius 2 is 2.10 bits per heavy atom. The second-order valence-electron chi connectivity index (χ2n) is 5.42. The smallest absolute Gasteiger partial charge is 0.0441 e. The van der Waals surface area contributed by atoms with Crippen molar-refractivity contribution in [2.45, 2.75) is 30.2 Å². The molecule has 2 aromatic carbocycles. The zero-order chi connectivity index (χ0) is 14.1. The lowest BCUT2D eigenvalue weighted by Gasteiger charge is -2.20. The molecule has 0 amide bonds. The molecule has 1 nitrogen and oxygen atoms in total. The topological polar surface area (TPSA) is 26.0 Å². The molecule has 1 aliphatic rings. The third-order valence-electron chi connectivity index (χ3n) is 3.92. The van der Waals surface area contributed by atoms with E-state index in [2.05, 4.69) is 43.3 Å². The van der Waals surface area contributed by atoms with Crippen LogP contribution in [0, 0.1) is 6.92 Å². The quantitative estimate of drug-likeness (QED) is 0.909. The molecule has 0 saturated carbocycles. The zero-order valence-corrected chi connectivity index (χ0v) is 13.0. The van der Waals surface area contributed by atoms with Crippen LogP contribution in [-0.2, 0) is 6.42 Å². The van der Waals surface area contributed by atoms with E-state index >= 15 is 0 Å². The van der Waals surface area contributed by atoms with Crippen molar-refractivity contribution in [3.63, 3.8) is 0 Å². The first-order valence-electron chi connectivity index (χ1n) is 6.87. The number of halogens is 1. The van der Waals surface area contributed by atoms with E-state index in [0.717, 1.165) is 22.8 Å². The molecule has 2 N–H and O–H groups in total. The molecule has 0 radical (unpaired) electrons. The van der Waals surface area contributed by atoms with Gasteiger partial charge in [0.1, 0.15) is 0 Å². The molecular weight excluding hydrogens is 286 g/mol. The van der Waals surface area contributed by atoms with Crippen LogP contribution in [-0.4, -0.2) is 11.8 Å². The lowest BCUT2D eigenvalue weighted by molar-refractivity contribution is 0.572. The molecule has 3 heteroatoms. The first kappa shape index (κ1) is 14.0. The number of thioether (sulfide) groups is 1. The fourth-order valence-electron chi connectivity index (χ4n) is 2.76. The van der Waals surface area contributed by atoms with Gasteiger partial charge < -0.3 is 5.73 Å². The van der Waals surface area contributed by atoms with Gasteiger partial charge in [0.15, 0.2) is 0 Å². The molecule has 0 fully saturated rings. The summed E-state index contributed by atoms with van der Waals surface area (Å²) in [6.07, 6.45) is 0.832. The number of rotatable bonds is 3. The van der Waals surface area contributed by atoms with Crippen LogP contribution in [0.5, 0.6) is 0 Å². The molecule has 0 bridgehead atoms. The normalized spacial score (nSPS) is 18.9. The van der Waals surface area contributed by atoms with Crippen LogP contribution in [0.4, 0.5) is 0 Å². The van der Waals surface area contributed by atoms with E-state index in [1.54, 1.807) is 0 Å². The van der Waals surface area contributed by atoms with Gasteiger partial charge in [-0.25, -0.2) is 0 Å². The molecule has 1 aliphatic heterocycles. The van der Waals surface area contributed by atoms with Gasteiger partial charge >= 0.3 is 0 Å². The number of aryl methyl sites for hydroxylation is 1. The van der Waals surface area contributed by atoms with Crippen molar-refractivity contribution in [3.05, 3.63) is 64.2 Å². The van der Waals surface area contributed by atoms with Gasteiger partial charge in [0.25, 0.3) is 0 Å². The van der Waals surface area contributed by atoms with Gasteiger partial charge in [-0.3, -0.25) is 0 Å². The summed E-state index contributed by atoms with van der Waals surface area (Å²) in [4.78, 5) is 1.38. The van der Waals surface area contributed by atoms with E-state index in [4.69, 9.17) is 17.3 Å².